The van der Waals surface area contributed by atoms with E-state index in [4.69, 9.17) is 15.0 Å². The van der Waals surface area contributed by atoms with E-state index in [0.29, 0.717) is 0 Å². The van der Waals surface area contributed by atoms with Gasteiger partial charge in [0.15, 0.2) is 16.4 Å². The van der Waals surface area contributed by atoms with Crippen molar-refractivity contribution in [1.82, 2.24) is 24.1 Å². The molecule has 4 aromatic carbocycles. The molecule has 0 fully saturated rings. The molecule has 0 aliphatic rings. The molecule has 0 saturated carbocycles. The highest BCUT2D eigenvalue weighted by Crippen LogP contribution is 2.37. The zero-order valence-corrected chi connectivity index (χ0v) is 19.3. The van der Waals surface area contributed by atoms with E-state index < -0.39 is 0 Å². The Morgan fingerprint density at radius 1 is 0.514 bits per heavy atom. The third-order valence-corrected chi connectivity index (χ3v) is 7.59. The Morgan fingerprint density at radius 2 is 1.11 bits per heavy atom. The van der Waals surface area contributed by atoms with Gasteiger partial charge >= 0.3 is 0 Å². The summed E-state index contributed by atoms with van der Waals surface area (Å²) >= 11 is 1.67. The van der Waals surface area contributed by atoms with Crippen LogP contribution in [0.25, 0.3) is 65.2 Å². The fourth-order valence-corrected chi connectivity index (χ4v) is 6.03. The molecule has 6 heteroatoms. The van der Waals surface area contributed by atoms with Gasteiger partial charge in [-0.2, -0.15) is 0 Å². The van der Waals surface area contributed by atoms with E-state index in [9.17, 15) is 0 Å². The summed E-state index contributed by atoms with van der Waals surface area (Å²) in [4.78, 5) is 15.5. The van der Waals surface area contributed by atoms with Crippen LogP contribution in [0.5, 0.6) is 0 Å². The maximum absolute atomic E-state index is 5.31. The van der Waals surface area contributed by atoms with Crippen molar-refractivity contribution >= 4 is 65.7 Å². The quantitative estimate of drug-likeness (QED) is 0.268. The predicted octanol–water partition coefficient (Wildman–Crippen LogP) is 7.28. The minimum atomic E-state index is 0.817. The average molecular weight is 468 g/mol. The van der Waals surface area contributed by atoms with Gasteiger partial charge < -0.3 is 0 Å². The van der Waals surface area contributed by atoms with Crippen molar-refractivity contribution in [2.45, 2.75) is 0 Å². The Hall–Kier alpha value is -4.55. The summed E-state index contributed by atoms with van der Waals surface area (Å²) in [5, 5.41) is 3.07. The lowest BCUT2D eigenvalue weighted by Gasteiger charge is -2.07. The highest BCUT2D eigenvalue weighted by Gasteiger charge is 2.21. The van der Waals surface area contributed by atoms with E-state index in [2.05, 4.69) is 100 Å². The topological polar surface area (TPSA) is 48.5 Å². The second kappa shape index (κ2) is 6.98. The molecule has 0 amide bonds. The number of aromatic nitrogens is 5. The van der Waals surface area contributed by atoms with Gasteiger partial charge in [-0.25, -0.2) is 15.0 Å². The number of benzene rings is 4. The molecule has 8 aromatic rings. The average Bonchev–Trinajstić information content (AvgIpc) is 3.57. The van der Waals surface area contributed by atoms with Gasteiger partial charge in [0.05, 0.1) is 21.3 Å². The standard InChI is InChI=1S/C29H17N5S/c1-2-10-18(11-3-1)33-22-15-7-4-12-19(22)25-27(33)32-28-26(31-25)20-13-5-8-16-23(20)34(28)29-30-21-14-6-9-17-24(21)35-29/h1-17H. The first-order valence-electron chi connectivity index (χ1n) is 11.5. The van der Waals surface area contributed by atoms with Crippen molar-refractivity contribution in [3.05, 3.63) is 103 Å². The minimum Gasteiger partial charge on any atom is -0.292 e. The maximum Gasteiger partial charge on any atom is 0.196 e. The van der Waals surface area contributed by atoms with Crippen LogP contribution in [0.2, 0.25) is 0 Å². The number of thiazole rings is 1. The Morgan fingerprint density at radius 3 is 1.86 bits per heavy atom. The lowest BCUT2D eigenvalue weighted by molar-refractivity contribution is 1.09. The highest BCUT2D eigenvalue weighted by molar-refractivity contribution is 7.20. The zero-order valence-electron chi connectivity index (χ0n) is 18.5. The molecule has 5 nitrogen and oxygen atoms in total. The molecule has 164 valence electrons. The molecule has 0 bridgehead atoms. The van der Waals surface area contributed by atoms with Gasteiger partial charge in [0.1, 0.15) is 11.0 Å². The molecular weight excluding hydrogens is 450 g/mol. The monoisotopic (exact) mass is 467 g/mol. The van der Waals surface area contributed by atoms with Crippen LogP contribution in [0, 0.1) is 0 Å². The Kier molecular flexibility index (Phi) is 3.75. The molecule has 8 rings (SSSR count). The molecule has 35 heavy (non-hydrogen) atoms. The van der Waals surface area contributed by atoms with Crippen LogP contribution in [0.4, 0.5) is 0 Å². The molecule has 4 aromatic heterocycles. The number of para-hydroxylation sites is 4. The van der Waals surface area contributed by atoms with Gasteiger partial charge in [-0.05, 0) is 36.4 Å². The zero-order chi connectivity index (χ0) is 22.9. The van der Waals surface area contributed by atoms with Crippen molar-refractivity contribution in [2.75, 3.05) is 0 Å². The van der Waals surface area contributed by atoms with E-state index >= 15 is 0 Å². The van der Waals surface area contributed by atoms with Crippen LogP contribution in [-0.4, -0.2) is 24.1 Å². The molecule has 0 saturated heterocycles. The number of nitrogens with zero attached hydrogens (tertiary/aromatic N) is 5. The number of hydrogen-bond donors (Lipinski definition) is 0. The number of fused-ring (bicyclic) bond motifs is 7. The van der Waals surface area contributed by atoms with E-state index in [0.717, 1.165) is 65.2 Å². The Balaban J connectivity index is 1.57. The second-order valence-electron chi connectivity index (χ2n) is 8.57. The van der Waals surface area contributed by atoms with Gasteiger partial charge in [-0.15, -0.1) is 0 Å². The second-order valence-corrected chi connectivity index (χ2v) is 9.58. The summed E-state index contributed by atoms with van der Waals surface area (Å²) in [6.07, 6.45) is 0. The van der Waals surface area contributed by atoms with E-state index in [1.807, 2.05) is 12.1 Å². The molecule has 0 atom stereocenters. The van der Waals surface area contributed by atoms with Gasteiger partial charge in [-0.3, -0.25) is 9.13 Å². The first-order chi connectivity index (χ1) is 17.4. The normalized spacial score (nSPS) is 12.0. The largest absolute Gasteiger partial charge is 0.292 e. The van der Waals surface area contributed by atoms with E-state index in [1.54, 1.807) is 11.3 Å². The molecule has 0 radical (unpaired) electrons. The predicted molar refractivity (Wildman–Crippen MR) is 144 cm³/mol. The van der Waals surface area contributed by atoms with Crippen molar-refractivity contribution < 1.29 is 0 Å². The van der Waals surface area contributed by atoms with Crippen LogP contribution in [-0.2, 0) is 0 Å². The van der Waals surface area contributed by atoms with Crippen molar-refractivity contribution in [1.29, 1.82) is 0 Å². The van der Waals surface area contributed by atoms with Crippen molar-refractivity contribution in [3.63, 3.8) is 0 Å². The molecule has 0 unspecified atom stereocenters. The fourth-order valence-electron chi connectivity index (χ4n) is 5.04. The van der Waals surface area contributed by atoms with Crippen molar-refractivity contribution in [3.8, 4) is 10.8 Å². The first-order valence-corrected chi connectivity index (χ1v) is 12.3. The third-order valence-electron chi connectivity index (χ3n) is 6.57. The first kappa shape index (κ1) is 18.8. The molecule has 0 N–H and O–H groups in total. The third kappa shape index (κ3) is 2.60. The lowest BCUT2D eigenvalue weighted by Crippen LogP contribution is -1.99. The summed E-state index contributed by atoms with van der Waals surface area (Å²) in [7, 11) is 0. The molecule has 0 aliphatic carbocycles. The molecule has 4 heterocycles. The number of rotatable bonds is 2. The lowest BCUT2D eigenvalue weighted by atomic mass is 10.2. The summed E-state index contributed by atoms with van der Waals surface area (Å²) in [5.41, 5.74) is 7.67. The smallest absolute Gasteiger partial charge is 0.196 e. The Labute approximate surface area is 203 Å². The van der Waals surface area contributed by atoms with Gasteiger partial charge in [0, 0.05) is 16.5 Å². The van der Waals surface area contributed by atoms with Crippen molar-refractivity contribution in [2.24, 2.45) is 0 Å². The maximum atomic E-state index is 5.31. The van der Waals surface area contributed by atoms with E-state index in [-0.39, 0.29) is 0 Å². The molecule has 0 spiro atoms. The summed E-state index contributed by atoms with van der Waals surface area (Å²) in [5.74, 6) is 0. The van der Waals surface area contributed by atoms with Crippen LogP contribution < -0.4 is 0 Å². The van der Waals surface area contributed by atoms with Crippen LogP contribution in [0.1, 0.15) is 0 Å². The number of hydrogen-bond acceptors (Lipinski definition) is 4. The fraction of sp³-hybridized carbons (Fsp3) is 0. The molecular formula is C29H17N5S. The Bertz CT molecular complexity index is 2030. The van der Waals surface area contributed by atoms with Gasteiger partial charge in [-0.1, -0.05) is 78.1 Å². The summed E-state index contributed by atoms with van der Waals surface area (Å²) in [6.45, 7) is 0. The van der Waals surface area contributed by atoms with Crippen LogP contribution in [0.15, 0.2) is 103 Å². The van der Waals surface area contributed by atoms with E-state index in [1.165, 1.54) is 0 Å². The molecule has 0 aliphatic heterocycles. The van der Waals surface area contributed by atoms with Gasteiger partial charge in [0.2, 0.25) is 0 Å². The minimum absolute atomic E-state index is 0.817. The van der Waals surface area contributed by atoms with Crippen LogP contribution in [0.3, 0.4) is 0 Å². The summed E-state index contributed by atoms with van der Waals surface area (Å²) < 4.78 is 5.52. The SMILES string of the molecule is c1ccc(-n2c3ccccc3c3nc4c5ccccc5n(-c5nc6ccccc6s5)c4nc32)cc1. The highest BCUT2D eigenvalue weighted by atomic mass is 32.1. The van der Waals surface area contributed by atoms with Gasteiger partial charge in [0.25, 0.3) is 0 Å². The summed E-state index contributed by atoms with van der Waals surface area (Å²) in [6, 6.07) is 35.4. The van der Waals surface area contributed by atoms with Crippen LogP contribution >= 0.6 is 11.3 Å².